The Morgan fingerprint density at radius 1 is 0.833 bits per heavy atom. The van der Waals surface area contributed by atoms with Gasteiger partial charge in [0.05, 0.1) is 0 Å². The van der Waals surface area contributed by atoms with Crippen molar-refractivity contribution in [2.24, 2.45) is 23.7 Å². The van der Waals surface area contributed by atoms with Crippen molar-refractivity contribution in [3.05, 3.63) is 24.3 Å². The van der Waals surface area contributed by atoms with Gasteiger partial charge in [-0.1, -0.05) is 12.2 Å². The van der Waals surface area contributed by atoms with Gasteiger partial charge in [0, 0.05) is 11.8 Å². The van der Waals surface area contributed by atoms with Crippen LogP contribution in [0.2, 0.25) is 0 Å². The molecule has 2 nitrogen and oxygen atoms in total. The first-order chi connectivity index (χ1) is 5.79. The number of fused-ring (bicyclic) bond motifs is 4. The van der Waals surface area contributed by atoms with Gasteiger partial charge in [-0.25, -0.2) is 0 Å². The van der Waals surface area contributed by atoms with Crippen LogP contribution in [0.3, 0.4) is 0 Å². The van der Waals surface area contributed by atoms with Gasteiger partial charge in [0.1, 0.15) is 0 Å². The van der Waals surface area contributed by atoms with Crippen molar-refractivity contribution in [3.63, 3.8) is 0 Å². The number of carbonyl (C=O) groups is 2. The van der Waals surface area contributed by atoms with Gasteiger partial charge in [-0.05, 0) is 24.0 Å². The van der Waals surface area contributed by atoms with Crippen molar-refractivity contribution < 1.29 is 9.59 Å². The zero-order valence-corrected chi connectivity index (χ0v) is 6.44. The lowest BCUT2D eigenvalue weighted by Crippen LogP contribution is -2.56. The van der Waals surface area contributed by atoms with E-state index < -0.39 is 0 Å². The molecule has 1 saturated carbocycles. The molecule has 12 heavy (non-hydrogen) atoms. The van der Waals surface area contributed by atoms with Gasteiger partial charge in [0.2, 0.25) is 0 Å². The Morgan fingerprint density at radius 3 is 1.58 bits per heavy atom. The highest BCUT2D eigenvalue weighted by molar-refractivity contribution is 6.09. The molecule has 2 heteroatoms. The molecule has 0 aromatic rings. The second kappa shape index (κ2) is 1.76. The molecule has 0 heterocycles. The lowest BCUT2D eigenvalue weighted by molar-refractivity contribution is -0.143. The van der Waals surface area contributed by atoms with E-state index in [4.69, 9.17) is 0 Å². The van der Waals surface area contributed by atoms with E-state index in [1.807, 2.05) is 0 Å². The lowest BCUT2D eigenvalue weighted by atomic mass is 9.48. The minimum atomic E-state index is -0.00231. The number of carbonyl (C=O) groups excluding carboxylic acids is 2. The molecule has 0 N–H and O–H groups in total. The standard InChI is InChI=1S/C10H8O2/c11-7-3-4-8(12)10-6-2-1-5(6)9(7)10/h1-6,9-10H. The minimum absolute atomic E-state index is 0.00231. The summed E-state index contributed by atoms with van der Waals surface area (Å²) in [6.45, 7) is 0. The second-order valence-electron chi connectivity index (χ2n) is 3.73. The van der Waals surface area contributed by atoms with E-state index in [-0.39, 0.29) is 23.4 Å². The van der Waals surface area contributed by atoms with Crippen molar-refractivity contribution >= 4 is 11.6 Å². The fraction of sp³-hybridized carbons (Fsp3) is 0.400. The molecule has 0 radical (unpaired) electrons. The Hall–Kier alpha value is -1.18. The molecule has 1 fully saturated rings. The van der Waals surface area contributed by atoms with Gasteiger partial charge in [0.25, 0.3) is 0 Å². The topological polar surface area (TPSA) is 34.1 Å². The molecule has 3 rings (SSSR count). The summed E-state index contributed by atoms with van der Waals surface area (Å²) >= 11 is 0. The van der Waals surface area contributed by atoms with Crippen LogP contribution in [-0.2, 0) is 9.59 Å². The van der Waals surface area contributed by atoms with Gasteiger partial charge in [-0.2, -0.15) is 0 Å². The van der Waals surface area contributed by atoms with Crippen LogP contribution in [0.15, 0.2) is 24.3 Å². The number of allylic oxidation sites excluding steroid dienone is 4. The van der Waals surface area contributed by atoms with Crippen molar-refractivity contribution in [2.75, 3.05) is 0 Å². The number of ketones is 2. The van der Waals surface area contributed by atoms with Gasteiger partial charge < -0.3 is 0 Å². The Labute approximate surface area is 70.0 Å². The highest BCUT2D eigenvalue weighted by Crippen LogP contribution is 2.55. The third-order valence-corrected chi connectivity index (χ3v) is 3.29. The fourth-order valence-corrected chi connectivity index (χ4v) is 2.54. The molecule has 3 aliphatic carbocycles. The zero-order chi connectivity index (χ0) is 8.29. The molecule has 0 aliphatic heterocycles. The molecule has 0 bridgehead atoms. The molecule has 0 aromatic heterocycles. The first-order valence-corrected chi connectivity index (χ1v) is 4.23. The molecule has 0 spiro atoms. The van der Waals surface area contributed by atoms with E-state index in [9.17, 15) is 9.59 Å². The molecular weight excluding hydrogens is 152 g/mol. The average Bonchev–Trinajstić information content (AvgIpc) is 2.01. The highest BCUT2D eigenvalue weighted by atomic mass is 16.1. The van der Waals surface area contributed by atoms with Crippen molar-refractivity contribution in [3.8, 4) is 0 Å². The molecule has 4 atom stereocenters. The molecule has 0 amide bonds. The third kappa shape index (κ3) is 0.501. The Kier molecular flexibility index (Phi) is 0.932. The quantitative estimate of drug-likeness (QED) is 0.490. The van der Waals surface area contributed by atoms with Crippen LogP contribution in [0, 0.1) is 23.7 Å². The smallest absolute Gasteiger partial charge is 0.160 e. The van der Waals surface area contributed by atoms with E-state index in [1.165, 1.54) is 12.2 Å². The normalized spacial score (nSPS) is 47.7. The van der Waals surface area contributed by atoms with E-state index in [0.29, 0.717) is 11.8 Å². The van der Waals surface area contributed by atoms with Crippen molar-refractivity contribution in [2.45, 2.75) is 0 Å². The Bertz CT molecular complexity index is 306. The summed E-state index contributed by atoms with van der Waals surface area (Å²) in [5.74, 6) is 1.05. The summed E-state index contributed by atoms with van der Waals surface area (Å²) in [5.41, 5.74) is 0. The summed E-state index contributed by atoms with van der Waals surface area (Å²) in [6.07, 6.45) is 6.98. The predicted octanol–water partition coefficient (Wildman–Crippen LogP) is 0.743. The molecule has 0 saturated heterocycles. The minimum Gasteiger partial charge on any atom is -0.294 e. The first-order valence-electron chi connectivity index (χ1n) is 4.23. The monoisotopic (exact) mass is 160 g/mol. The third-order valence-electron chi connectivity index (χ3n) is 3.29. The van der Waals surface area contributed by atoms with E-state index >= 15 is 0 Å². The van der Waals surface area contributed by atoms with E-state index in [2.05, 4.69) is 12.2 Å². The summed E-state index contributed by atoms with van der Waals surface area (Å²) in [7, 11) is 0. The average molecular weight is 160 g/mol. The molecule has 60 valence electrons. The fourth-order valence-electron chi connectivity index (χ4n) is 2.54. The highest BCUT2D eigenvalue weighted by Gasteiger charge is 2.58. The van der Waals surface area contributed by atoms with Crippen LogP contribution < -0.4 is 0 Å². The maximum atomic E-state index is 11.3. The van der Waals surface area contributed by atoms with Crippen LogP contribution in [-0.4, -0.2) is 11.6 Å². The summed E-state index contributed by atoms with van der Waals surface area (Å²) in [5, 5.41) is 0. The molecule has 4 unspecified atom stereocenters. The Morgan fingerprint density at radius 2 is 1.25 bits per heavy atom. The van der Waals surface area contributed by atoms with Crippen LogP contribution in [0.4, 0.5) is 0 Å². The Balaban J connectivity index is 2.04. The zero-order valence-electron chi connectivity index (χ0n) is 6.44. The van der Waals surface area contributed by atoms with Crippen LogP contribution in [0.5, 0.6) is 0 Å². The summed E-state index contributed by atoms with van der Waals surface area (Å²) in [6, 6.07) is 0. The van der Waals surface area contributed by atoms with Crippen LogP contribution in [0.25, 0.3) is 0 Å². The van der Waals surface area contributed by atoms with Crippen molar-refractivity contribution in [1.82, 2.24) is 0 Å². The van der Waals surface area contributed by atoms with Crippen LogP contribution >= 0.6 is 0 Å². The maximum Gasteiger partial charge on any atom is 0.160 e. The van der Waals surface area contributed by atoms with Crippen LogP contribution in [0.1, 0.15) is 0 Å². The maximum absolute atomic E-state index is 11.3. The van der Waals surface area contributed by atoms with E-state index in [0.717, 1.165) is 0 Å². The molecular formula is C10H8O2. The van der Waals surface area contributed by atoms with Gasteiger partial charge in [-0.3, -0.25) is 9.59 Å². The molecule has 0 aromatic carbocycles. The van der Waals surface area contributed by atoms with Crippen molar-refractivity contribution in [1.29, 1.82) is 0 Å². The SMILES string of the molecule is O=C1C=CC(=O)C2C3C=CC3C12. The predicted molar refractivity (Wildman–Crippen MR) is 42.3 cm³/mol. The first kappa shape index (κ1) is 6.35. The van der Waals surface area contributed by atoms with Gasteiger partial charge >= 0.3 is 0 Å². The number of rotatable bonds is 0. The van der Waals surface area contributed by atoms with Gasteiger partial charge in [-0.15, -0.1) is 0 Å². The number of hydrogen-bond acceptors (Lipinski definition) is 2. The summed E-state index contributed by atoms with van der Waals surface area (Å²) in [4.78, 5) is 22.6. The number of hydrogen-bond donors (Lipinski definition) is 0. The summed E-state index contributed by atoms with van der Waals surface area (Å²) < 4.78 is 0. The molecule has 3 aliphatic rings. The van der Waals surface area contributed by atoms with Gasteiger partial charge in [0.15, 0.2) is 11.6 Å². The lowest BCUT2D eigenvalue weighted by Gasteiger charge is -2.53. The van der Waals surface area contributed by atoms with E-state index in [1.54, 1.807) is 0 Å². The largest absolute Gasteiger partial charge is 0.294 e. The second-order valence-corrected chi connectivity index (χ2v) is 3.73.